The standard InChI is InChI=1S/C10H14Br2N2O2S/c1-2-13-5-6-14-17(15,16)10-7-8(11)3-4-9(10)12/h3-4,7,13-14H,2,5-6H2,1H3. The average Bonchev–Trinajstić information content (AvgIpc) is 2.28. The van der Waals surface area contributed by atoms with Crippen molar-refractivity contribution in [3.63, 3.8) is 0 Å². The number of sulfonamides is 1. The van der Waals surface area contributed by atoms with Gasteiger partial charge in [0.25, 0.3) is 0 Å². The number of halogens is 2. The lowest BCUT2D eigenvalue weighted by molar-refractivity contribution is 0.577. The molecule has 0 radical (unpaired) electrons. The minimum atomic E-state index is -3.46. The highest BCUT2D eigenvalue weighted by molar-refractivity contribution is 9.11. The fraction of sp³-hybridized carbons (Fsp3) is 0.400. The first kappa shape index (κ1) is 15.1. The SMILES string of the molecule is CCNCCNS(=O)(=O)c1cc(Br)ccc1Br. The summed E-state index contributed by atoms with van der Waals surface area (Å²) in [6.45, 7) is 3.78. The van der Waals surface area contributed by atoms with E-state index in [9.17, 15) is 8.42 Å². The predicted octanol–water partition coefficient (Wildman–Crippen LogP) is 2.10. The molecule has 0 fully saturated rings. The van der Waals surface area contributed by atoms with Crippen LogP contribution in [0.3, 0.4) is 0 Å². The highest BCUT2D eigenvalue weighted by Gasteiger charge is 2.17. The molecular weight excluding hydrogens is 372 g/mol. The first-order valence-electron chi connectivity index (χ1n) is 5.13. The lowest BCUT2D eigenvalue weighted by Crippen LogP contribution is -2.31. The minimum Gasteiger partial charge on any atom is -0.316 e. The van der Waals surface area contributed by atoms with Gasteiger partial charge in [0.05, 0.1) is 4.90 Å². The fourth-order valence-electron chi connectivity index (χ4n) is 1.21. The van der Waals surface area contributed by atoms with Crippen LogP contribution in [-0.2, 0) is 10.0 Å². The van der Waals surface area contributed by atoms with Crippen LogP contribution in [0, 0.1) is 0 Å². The van der Waals surface area contributed by atoms with Crippen LogP contribution in [0.5, 0.6) is 0 Å². The monoisotopic (exact) mass is 384 g/mol. The molecule has 17 heavy (non-hydrogen) atoms. The summed E-state index contributed by atoms with van der Waals surface area (Å²) in [6, 6.07) is 5.05. The van der Waals surface area contributed by atoms with Gasteiger partial charge in [-0.15, -0.1) is 0 Å². The summed E-state index contributed by atoms with van der Waals surface area (Å²) in [7, 11) is -3.46. The van der Waals surface area contributed by atoms with Gasteiger partial charge in [0.15, 0.2) is 0 Å². The van der Waals surface area contributed by atoms with Gasteiger partial charge in [0.2, 0.25) is 10.0 Å². The van der Waals surface area contributed by atoms with Gasteiger partial charge in [-0.05, 0) is 40.7 Å². The largest absolute Gasteiger partial charge is 0.316 e. The maximum Gasteiger partial charge on any atom is 0.241 e. The Morgan fingerprint density at radius 1 is 1.24 bits per heavy atom. The highest BCUT2D eigenvalue weighted by atomic mass is 79.9. The first-order chi connectivity index (χ1) is 7.97. The maximum absolute atomic E-state index is 12.0. The van der Waals surface area contributed by atoms with Gasteiger partial charge in [-0.3, -0.25) is 0 Å². The van der Waals surface area contributed by atoms with Crippen molar-refractivity contribution < 1.29 is 8.42 Å². The molecule has 96 valence electrons. The lowest BCUT2D eigenvalue weighted by Gasteiger charge is -2.09. The molecule has 0 spiro atoms. The zero-order valence-corrected chi connectivity index (χ0v) is 13.3. The van der Waals surface area contributed by atoms with E-state index in [-0.39, 0.29) is 4.90 Å². The van der Waals surface area contributed by atoms with E-state index in [0.29, 0.717) is 17.6 Å². The number of hydrogen-bond donors (Lipinski definition) is 2. The Labute approximate surface area is 118 Å². The molecule has 0 unspecified atom stereocenters. The molecule has 0 bridgehead atoms. The van der Waals surface area contributed by atoms with Crippen LogP contribution in [-0.4, -0.2) is 28.1 Å². The molecule has 1 rings (SSSR count). The topological polar surface area (TPSA) is 58.2 Å². The second-order valence-corrected chi connectivity index (χ2v) is 6.83. The molecule has 0 amide bonds. The summed E-state index contributed by atoms with van der Waals surface area (Å²) in [5, 5.41) is 3.05. The number of benzene rings is 1. The zero-order valence-electron chi connectivity index (χ0n) is 9.33. The van der Waals surface area contributed by atoms with Crippen molar-refractivity contribution in [3.05, 3.63) is 27.1 Å². The first-order valence-corrected chi connectivity index (χ1v) is 8.19. The Morgan fingerprint density at radius 2 is 1.94 bits per heavy atom. The van der Waals surface area contributed by atoms with Crippen molar-refractivity contribution in [1.82, 2.24) is 10.0 Å². The summed E-state index contributed by atoms with van der Waals surface area (Å²) in [5.41, 5.74) is 0. The second kappa shape index (κ2) is 6.84. The van der Waals surface area contributed by atoms with E-state index in [1.165, 1.54) is 0 Å². The van der Waals surface area contributed by atoms with Crippen LogP contribution in [0.15, 0.2) is 32.0 Å². The summed E-state index contributed by atoms with van der Waals surface area (Å²) in [4.78, 5) is 0.239. The third kappa shape index (κ3) is 4.67. The van der Waals surface area contributed by atoms with Crippen LogP contribution < -0.4 is 10.0 Å². The van der Waals surface area contributed by atoms with Crippen molar-refractivity contribution in [2.24, 2.45) is 0 Å². The van der Waals surface area contributed by atoms with Crippen LogP contribution in [0.4, 0.5) is 0 Å². The molecule has 0 aromatic heterocycles. The van der Waals surface area contributed by atoms with E-state index >= 15 is 0 Å². The summed E-state index contributed by atoms with van der Waals surface area (Å²) in [5.74, 6) is 0. The fourth-order valence-corrected chi connectivity index (χ4v) is 3.74. The quantitative estimate of drug-likeness (QED) is 0.737. The van der Waals surface area contributed by atoms with E-state index in [1.54, 1.807) is 18.2 Å². The van der Waals surface area contributed by atoms with Gasteiger partial charge in [0, 0.05) is 22.0 Å². The smallest absolute Gasteiger partial charge is 0.241 e. The Hall–Kier alpha value is 0.0500. The van der Waals surface area contributed by atoms with Gasteiger partial charge in [-0.25, -0.2) is 13.1 Å². The van der Waals surface area contributed by atoms with Gasteiger partial charge < -0.3 is 5.32 Å². The molecule has 2 N–H and O–H groups in total. The van der Waals surface area contributed by atoms with Gasteiger partial charge >= 0.3 is 0 Å². The number of rotatable bonds is 6. The van der Waals surface area contributed by atoms with Crippen molar-refractivity contribution in [1.29, 1.82) is 0 Å². The van der Waals surface area contributed by atoms with Crippen LogP contribution >= 0.6 is 31.9 Å². The molecule has 4 nitrogen and oxygen atoms in total. The summed E-state index contributed by atoms with van der Waals surface area (Å²) >= 11 is 6.49. The van der Waals surface area contributed by atoms with E-state index < -0.39 is 10.0 Å². The number of likely N-dealkylation sites (N-methyl/N-ethyl adjacent to an activating group) is 1. The molecule has 0 heterocycles. The summed E-state index contributed by atoms with van der Waals surface area (Å²) < 4.78 is 27.8. The third-order valence-electron chi connectivity index (χ3n) is 2.03. The van der Waals surface area contributed by atoms with E-state index in [0.717, 1.165) is 11.0 Å². The zero-order chi connectivity index (χ0) is 12.9. The Kier molecular flexibility index (Phi) is 6.08. The molecule has 0 aliphatic rings. The molecule has 0 aliphatic heterocycles. The summed E-state index contributed by atoms with van der Waals surface area (Å²) in [6.07, 6.45) is 0. The molecule has 0 saturated heterocycles. The number of hydrogen-bond acceptors (Lipinski definition) is 3. The third-order valence-corrected chi connectivity index (χ3v) is 4.97. The molecule has 0 atom stereocenters. The maximum atomic E-state index is 12.0. The van der Waals surface area contributed by atoms with Gasteiger partial charge in [-0.2, -0.15) is 0 Å². The molecule has 7 heteroatoms. The van der Waals surface area contributed by atoms with Crippen LogP contribution in [0.2, 0.25) is 0 Å². The second-order valence-electron chi connectivity index (χ2n) is 3.33. The molecule has 1 aromatic rings. The molecular formula is C10H14Br2N2O2S. The van der Waals surface area contributed by atoms with E-state index in [2.05, 4.69) is 41.9 Å². The van der Waals surface area contributed by atoms with Crippen LogP contribution in [0.25, 0.3) is 0 Å². The normalized spacial score (nSPS) is 11.7. The highest BCUT2D eigenvalue weighted by Crippen LogP contribution is 2.25. The van der Waals surface area contributed by atoms with Crippen molar-refractivity contribution in [2.45, 2.75) is 11.8 Å². The molecule has 0 saturated carbocycles. The Morgan fingerprint density at radius 3 is 2.59 bits per heavy atom. The lowest BCUT2D eigenvalue weighted by atomic mass is 10.4. The molecule has 0 aliphatic carbocycles. The predicted molar refractivity (Wildman–Crippen MR) is 75.6 cm³/mol. The van der Waals surface area contributed by atoms with Crippen molar-refractivity contribution in [2.75, 3.05) is 19.6 Å². The van der Waals surface area contributed by atoms with Crippen molar-refractivity contribution in [3.8, 4) is 0 Å². The number of nitrogens with one attached hydrogen (secondary N) is 2. The van der Waals surface area contributed by atoms with Crippen molar-refractivity contribution >= 4 is 41.9 Å². The average molecular weight is 386 g/mol. The van der Waals surface area contributed by atoms with Gasteiger partial charge in [0.1, 0.15) is 0 Å². The van der Waals surface area contributed by atoms with Crippen LogP contribution in [0.1, 0.15) is 6.92 Å². The van der Waals surface area contributed by atoms with E-state index in [4.69, 9.17) is 0 Å². The molecule has 1 aromatic carbocycles. The minimum absolute atomic E-state index is 0.239. The van der Waals surface area contributed by atoms with E-state index in [1.807, 2.05) is 6.92 Å². The van der Waals surface area contributed by atoms with Gasteiger partial charge in [-0.1, -0.05) is 22.9 Å². The Bertz CT molecular complexity index is 477. The Balaban J connectivity index is 2.79.